The maximum atomic E-state index is 5.71. The third kappa shape index (κ3) is 4.69. The zero-order chi connectivity index (χ0) is 13.4. The predicted octanol–water partition coefficient (Wildman–Crippen LogP) is 3.75. The highest BCUT2D eigenvalue weighted by molar-refractivity contribution is 5.31. The monoisotopic (exact) mass is 249 g/mol. The highest BCUT2D eigenvalue weighted by Crippen LogP contribution is 2.27. The van der Waals surface area contributed by atoms with Crippen LogP contribution in [-0.4, -0.2) is 19.7 Å². The van der Waals surface area contributed by atoms with Crippen LogP contribution in [0, 0.1) is 0 Å². The minimum absolute atomic E-state index is 0.254. The van der Waals surface area contributed by atoms with Gasteiger partial charge in [0.15, 0.2) is 0 Å². The lowest BCUT2D eigenvalue weighted by Crippen LogP contribution is -2.16. The Labute approximate surface area is 112 Å². The van der Waals surface area contributed by atoms with E-state index in [0.717, 1.165) is 38.3 Å². The third-order valence-electron chi connectivity index (χ3n) is 3.54. The van der Waals surface area contributed by atoms with Crippen LogP contribution in [0.2, 0.25) is 0 Å². The standard InChI is InChI=1S/C16H27NO/c1-5-16(3,4)14-8-10-15(11-9-14)18-13-7-12-17-6-2/h8-11,17H,5-7,12-13H2,1-4H3. The minimum Gasteiger partial charge on any atom is -0.494 e. The average Bonchev–Trinajstić information content (AvgIpc) is 2.39. The molecule has 1 aromatic rings. The summed E-state index contributed by atoms with van der Waals surface area (Å²) in [7, 11) is 0. The highest BCUT2D eigenvalue weighted by atomic mass is 16.5. The van der Waals surface area contributed by atoms with Gasteiger partial charge in [0, 0.05) is 0 Å². The Bertz CT molecular complexity index is 329. The van der Waals surface area contributed by atoms with Gasteiger partial charge in [0.05, 0.1) is 6.61 Å². The molecular weight excluding hydrogens is 222 g/mol. The topological polar surface area (TPSA) is 21.3 Å². The Morgan fingerprint density at radius 2 is 1.78 bits per heavy atom. The molecule has 0 saturated carbocycles. The molecule has 1 aromatic carbocycles. The fraction of sp³-hybridized carbons (Fsp3) is 0.625. The summed E-state index contributed by atoms with van der Waals surface area (Å²) < 4.78 is 5.71. The maximum absolute atomic E-state index is 5.71. The van der Waals surface area contributed by atoms with Gasteiger partial charge in [0.2, 0.25) is 0 Å². The lowest BCUT2D eigenvalue weighted by atomic mass is 9.82. The quantitative estimate of drug-likeness (QED) is 0.708. The SMILES string of the molecule is CCNCCCOc1ccc(C(C)(C)CC)cc1. The fourth-order valence-corrected chi connectivity index (χ4v) is 1.77. The van der Waals surface area contributed by atoms with Gasteiger partial charge in [-0.1, -0.05) is 39.8 Å². The van der Waals surface area contributed by atoms with Crippen molar-refractivity contribution in [1.29, 1.82) is 0 Å². The molecular formula is C16H27NO. The Morgan fingerprint density at radius 1 is 1.11 bits per heavy atom. The van der Waals surface area contributed by atoms with Gasteiger partial charge in [-0.15, -0.1) is 0 Å². The van der Waals surface area contributed by atoms with E-state index in [0.29, 0.717) is 0 Å². The van der Waals surface area contributed by atoms with Crippen LogP contribution in [0.4, 0.5) is 0 Å². The van der Waals surface area contributed by atoms with E-state index in [4.69, 9.17) is 4.74 Å². The number of hydrogen-bond donors (Lipinski definition) is 1. The molecule has 102 valence electrons. The first-order valence-electron chi connectivity index (χ1n) is 7.04. The third-order valence-corrected chi connectivity index (χ3v) is 3.54. The van der Waals surface area contributed by atoms with E-state index in [1.807, 2.05) is 0 Å². The Morgan fingerprint density at radius 3 is 2.33 bits per heavy atom. The van der Waals surface area contributed by atoms with Crippen LogP contribution in [0.15, 0.2) is 24.3 Å². The molecule has 1 N–H and O–H groups in total. The molecule has 2 nitrogen and oxygen atoms in total. The number of ether oxygens (including phenoxy) is 1. The second-order valence-electron chi connectivity index (χ2n) is 5.32. The molecule has 0 aliphatic heterocycles. The predicted molar refractivity (Wildman–Crippen MR) is 78.4 cm³/mol. The number of rotatable bonds is 8. The van der Waals surface area contributed by atoms with E-state index < -0.39 is 0 Å². The summed E-state index contributed by atoms with van der Waals surface area (Å²) >= 11 is 0. The molecule has 0 fully saturated rings. The molecule has 0 amide bonds. The molecule has 0 bridgehead atoms. The van der Waals surface area contributed by atoms with Crippen molar-refractivity contribution in [2.75, 3.05) is 19.7 Å². The van der Waals surface area contributed by atoms with Crippen LogP contribution >= 0.6 is 0 Å². The molecule has 0 aromatic heterocycles. The molecule has 0 unspecified atom stereocenters. The summed E-state index contributed by atoms with van der Waals surface area (Å²) in [6.45, 7) is 11.7. The zero-order valence-electron chi connectivity index (χ0n) is 12.3. The van der Waals surface area contributed by atoms with E-state index in [1.54, 1.807) is 0 Å². The van der Waals surface area contributed by atoms with Crippen molar-refractivity contribution in [1.82, 2.24) is 5.32 Å². The first-order valence-corrected chi connectivity index (χ1v) is 7.04. The normalized spacial score (nSPS) is 11.6. The Hall–Kier alpha value is -1.02. The van der Waals surface area contributed by atoms with Crippen LogP contribution in [0.1, 0.15) is 46.1 Å². The van der Waals surface area contributed by atoms with E-state index in [1.165, 1.54) is 5.56 Å². The maximum Gasteiger partial charge on any atom is 0.119 e. The van der Waals surface area contributed by atoms with Gasteiger partial charge in [0.1, 0.15) is 5.75 Å². The molecule has 18 heavy (non-hydrogen) atoms. The molecule has 2 heteroatoms. The summed E-state index contributed by atoms with van der Waals surface area (Å²) in [5, 5.41) is 3.29. The molecule has 0 aliphatic rings. The van der Waals surface area contributed by atoms with Crippen molar-refractivity contribution in [2.24, 2.45) is 0 Å². The summed E-state index contributed by atoms with van der Waals surface area (Å²) in [5.74, 6) is 0.974. The van der Waals surface area contributed by atoms with Crippen LogP contribution < -0.4 is 10.1 Å². The van der Waals surface area contributed by atoms with Gasteiger partial charge in [0.25, 0.3) is 0 Å². The largest absolute Gasteiger partial charge is 0.494 e. The number of nitrogens with one attached hydrogen (secondary N) is 1. The van der Waals surface area contributed by atoms with E-state index in [9.17, 15) is 0 Å². The summed E-state index contributed by atoms with van der Waals surface area (Å²) in [6, 6.07) is 8.53. The lowest BCUT2D eigenvalue weighted by molar-refractivity contribution is 0.308. The molecule has 0 aliphatic carbocycles. The first kappa shape index (κ1) is 15.0. The lowest BCUT2D eigenvalue weighted by Gasteiger charge is -2.23. The van der Waals surface area contributed by atoms with E-state index >= 15 is 0 Å². The van der Waals surface area contributed by atoms with Gasteiger partial charge in [-0.3, -0.25) is 0 Å². The van der Waals surface area contributed by atoms with Crippen molar-refractivity contribution >= 4 is 0 Å². The first-order chi connectivity index (χ1) is 8.60. The minimum atomic E-state index is 0.254. The Kier molecular flexibility index (Phi) is 6.20. The molecule has 0 saturated heterocycles. The fourth-order valence-electron chi connectivity index (χ4n) is 1.77. The number of benzene rings is 1. The van der Waals surface area contributed by atoms with Crippen LogP contribution in [0.5, 0.6) is 5.75 Å². The van der Waals surface area contributed by atoms with E-state index in [2.05, 4.69) is 57.3 Å². The van der Waals surface area contributed by atoms with Gasteiger partial charge in [-0.25, -0.2) is 0 Å². The van der Waals surface area contributed by atoms with Gasteiger partial charge >= 0.3 is 0 Å². The molecule has 0 spiro atoms. The van der Waals surface area contributed by atoms with Crippen molar-refractivity contribution in [2.45, 2.75) is 46.0 Å². The van der Waals surface area contributed by atoms with Crippen molar-refractivity contribution in [3.05, 3.63) is 29.8 Å². The highest BCUT2D eigenvalue weighted by Gasteiger charge is 2.17. The van der Waals surface area contributed by atoms with Gasteiger partial charge < -0.3 is 10.1 Å². The van der Waals surface area contributed by atoms with Crippen LogP contribution in [0.25, 0.3) is 0 Å². The van der Waals surface area contributed by atoms with Gasteiger partial charge in [-0.05, 0) is 49.0 Å². The van der Waals surface area contributed by atoms with Crippen molar-refractivity contribution in [3.63, 3.8) is 0 Å². The van der Waals surface area contributed by atoms with Gasteiger partial charge in [-0.2, -0.15) is 0 Å². The Balaban J connectivity index is 2.41. The van der Waals surface area contributed by atoms with Crippen LogP contribution in [-0.2, 0) is 5.41 Å². The molecule has 0 radical (unpaired) electrons. The molecule has 1 rings (SSSR count). The summed E-state index contributed by atoms with van der Waals surface area (Å²) in [5.41, 5.74) is 1.63. The number of hydrogen-bond acceptors (Lipinski definition) is 2. The van der Waals surface area contributed by atoms with Crippen LogP contribution in [0.3, 0.4) is 0 Å². The average molecular weight is 249 g/mol. The second kappa shape index (κ2) is 7.42. The van der Waals surface area contributed by atoms with Crippen molar-refractivity contribution < 1.29 is 4.74 Å². The second-order valence-corrected chi connectivity index (χ2v) is 5.32. The molecule has 0 atom stereocenters. The molecule has 0 heterocycles. The summed E-state index contributed by atoms with van der Waals surface area (Å²) in [6.07, 6.45) is 2.20. The smallest absolute Gasteiger partial charge is 0.119 e. The van der Waals surface area contributed by atoms with E-state index in [-0.39, 0.29) is 5.41 Å². The zero-order valence-corrected chi connectivity index (χ0v) is 12.3. The summed E-state index contributed by atoms with van der Waals surface area (Å²) in [4.78, 5) is 0. The van der Waals surface area contributed by atoms with Crippen molar-refractivity contribution in [3.8, 4) is 5.75 Å².